The first-order valence-corrected chi connectivity index (χ1v) is 8.74. The summed E-state index contributed by atoms with van der Waals surface area (Å²) in [6.45, 7) is 10.1. The van der Waals surface area contributed by atoms with E-state index in [4.69, 9.17) is 5.73 Å². The molecular formula is C16H31N5O2. The molecular weight excluding hydrogens is 294 g/mol. The molecule has 0 bridgehead atoms. The number of carbonyl (C=O) groups excluding carboxylic acids is 2. The lowest BCUT2D eigenvalue weighted by Gasteiger charge is -2.36. The summed E-state index contributed by atoms with van der Waals surface area (Å²) >= 11 is 0. The third-order valence-electron chi connectivity index (χ3n) is 5.16. The van der Waals surface area contributed by atoms with Crippen molar-refractivity contribution in [3.63, 3.8) is 0 Å². The zero-order valence-electron chi connectivity index (χ0n) is 14.5. The maximum atomic E-state index is 12.0. The van der Waals surface area contributed by atoms with Crippen LogP contribution in [0.4, 0.5) is 0 Å². The van der Waals surface area contributed by atoms with Gasteiger partial charge in [-0.15, -0.1) is 0 Å². The lowest BCUT2D eigenvalue weighted by molar-refractivity contribution is -0.134. The van der Waals surface area contributed by atoms with E-state index in [1.807, 2.05) is 4.90 Å². The molecule has 2 heterocycles. The van der Waals surface area contributed by atoms with E-state index in [0.29, 0.717) is 12.1 Å². The molecule has 2 atom stereocenters. The van der Waals surface area contributed by atoms with Crippen molar-refractivity contribution in [3.8, 4) is 0 Å². The zero-order chi connectivity index (χ0) is 16.8. The number of amides is 2. The molecule has 0 spiro atoms. The third-order valence-corrected chi connectivity index (χ3v) is 5.16. The minimum absolute atomic E-state index is 0.0202. The zero-order valence-corrected chi connectivity index (χ0v) is 14.5. The first kappa shape index (κ1) is 18.2. The van der Waals surface area contributed by atoms with Gasteiger partial charge in [-0.2, -0.15) is 0 Å². The molecule has 2 aliphatic rings. The van der Waals surface area contributed by atoms with Gasteiger partial charge in [0.05, 0.1) is 13.1 Å². The summed E-state index contributed by atoms with van der Waals surface area (Å²) < 4.78 is 0. The molecule has 7 nitrogen and oxygen atoms in total. The molecule has 0 radical (unpaired) electrons. The predicted molar refractivity (Wildman–Crippen MR) is 89.9 cm³/mol. The molecule has 0 aromatic rings. The van der Waals surface area contributed by atoms with Crippen molar-refractivity contribution >= 4 is 11.8 Å². The van der Waals surface area contributed by atoms with Crippen LogP contribution in [-0.4, -0.2) is 91.0 Å². The Morgan fingerprint density at radius 3 is 2.22 bits per heavy atom. The first-order valence-electron chi connectivity index (χ1n) is 8.74. The minimum Gasteiger partial charge on any atom is -0.346 e. The van der Waals surface area contributed by atoms with Crippen molar-refractivity contribution in [2.24, 2.45) is 5.73 Å². The van der Waals surface area contributed by atoms with Gasteiger partial charge in [-0.25, -0.2) is 0 Å². The second kappa shape index (κ2) is 8.61. The van der Waals surface area contributed by atoms with Crippen LogP contribution in [0.5, 0.6) is 0 Å². The molecule has 23 heavy (non-hydrogen) atoms. The third kappa shape index (κ3) is 5.16. The summed E-state index contributed by atoms with van der Waals surface area (Å²) in [4.78, 5) is 30.0. The molecule has 7 heteroatoms. The van der Waals surface area contributed by atoms with Crippen molar-refractivity contribution in [3.05, 3.63) is 0 Å². The molecule has 2 amide bonds. The maximum Gasteiger partial charge on any atom is 0.242 e. The fourth-order valence-electron chi connectivity index (χ4n) is 3.53. The highest BCUT2D eigenvalue weighted by Gasteiger charge is 2.28. The van der Waals surface area contributed by atoms with Gasteiger partial charge in [-0.1, -0.05) is 0 Å². The molecule has 2 fully saturated rings. The molecule has 3 N–H and O–H groups in total. The van der Waals surface area contributed by atoms with E-state index >= 15 is 0 Å². The van der Waals surface area contributed by atoms with Crippen LogP contribution in [0.25, 0.3) is 0 Å². The summed E-state index contributed by atoms with van der Waals surface area (Å²) in [6, 6.07) is 1.39. The molecule has 0 aromatic heterocycles. The predicted octanol–water partition coefficient (Wildman–Crippen LogP) is -0.922. The molecule has 2 aliphatic heterocycles. The van der Waals surface area contributed by atoms with Crippen LogP contribution in [0, 0.1) is 0 Å². The highest BCUT2D eigenvalue weighted by atomic mass is 16.2. The Bertz CT molecular complexity index is 399. The molecule has 0 aromatic carbocycles. The monoisotopic (exact) mass is 325 g/mol. The Morgan fingerprint density at radius 2 is 1.65 bits per heavy atom. The molecule has 0 aliphatic carbocycles. The Balaban J connectivity index is 1.65. The Kier molecular flexibility index (Phi) is 6.80. The lowest BCUT2D eigenvalue weighted by Crippen LogP contribution is -2.52. The lowest BCUT2D eigenvalue weighted by atomic mass is 10.2. The summed E-state index contributed by atoms with van der Waals surface area (Å²) in [7, 11) is 0. The van der Waals surface area contributed by atoms with Crippen LogP contribution < -0.4 is 11.1 Å². The standard InChI is InChI=1S/C16H31N5O2/c1-13-3-4-14(2)21(13)10-7-19-5-8-20(9-6-19)16(23)12-18-15(22)11-17/h13-14H,3-12,17H2,1-2H3,(H,18,22). The number of hydrogen-bond donors (Lipinski definition) is 2. The van der Waals surface area contributed by atoms with Gasteiger partial charge in [0, 0.05) is 51.4 Å². The number of rotatable bonds is 6. The van der Waals surface area contributed by atoms with Crippen LogP contribution in [0.3, 0.4) is 0 Å². The summed E-state index contributed by atoms with van der Waals surface area (Å²) in [5.41, 5.74) is 5.21. The Morgan fingerprint density at radius 1 is 1.04 bits per heavy atom. The average molecular weight is 325 g/mol. The van der Waals surface area contributed by atoms with Gasteiger partial charge in [0.1, 0.15) is 0 Å². The number of nitrogens with two attached hydrogens (primary N) is 1. The number of nitrogens with one attached hydrogen (secondary N) is 1. The van der Waals surface area contributed by atoms with Crippen molar-refractivity contribution in [2.75, 3.05) is 52.4 Å². The number of likely N-dealkylation sites (tertiary alicyclic amines) is 1. The fraction of sp³-hybridized carbons (Fsp3) is 0.875. The van der Waals surface area contributed by atoms with E-state index in [1.54, 1.807) is 0 Å². The summed E-state index contributed by atoms with van der Waals surface area (Å²) in [5.74, 6) is -0.306. The first-order chi connectivity index (χ1) is 11.0. The van der Waals surface area contributed by atoms with Crippen molar-refractivity contribution in [1.29, 1.82) is 0 Å². The van der Waals surface area contributed by atoms with Crippen LogP contribution >= 0.6 is 0 Å². The van der Waals surface area contributed by atoms with Crippen LogP contribution in [0.15, 0.2) is 0 Å². The SMILES string of the molecule is CC1CCC(C)N1CCN1CCN(C(=O)CNC(=O)CN)CC1. The van der Waals surface area contributed by atoms with Crippen LogP contribution in [0.2, 0.25) is 0 Å². The van der Waals surface area contributed by atoms with Gasteiger partial charge in [-0.05, 0) is 26.7 Å². The summed E-state index contributed by atoms with van der Waals surface area (Å²) in [5, 5.41) is 2.54. The van der Waals surface area contributed by atoms with E-state index in [-0.39, 0.29) is 24.9 Å². The van der Waals surface area contributed by atoms with Gasteiger partial charge < -0.3 is 16.0 Å². The van der Waals surface area contributed by atoms with Gasteiger partial charge in [-0.3, -0.25) is 19.4 Å². The second-order valence-electron chi connectivity index (χ2n) is 6.72. The average Bonchev–Trinajstić information content (AvgIpc) is 2.89. The molecule has 2 unspecified atom stereocenters. The van der Waals surface area contributed by atoms with E-state index < -0.39 is 0 Å². The highest BCUT2D eigenvalue weighted by Crippen LogP contribution is 2.22. The number of carbonyl (C=O) groups is 2. The van der Waals surface area contributed by atoms with E-state index in [1.165, 1.54) is 12.8 Å². The Labute approximate surface area is 139 Å². The van der Waals surface area contributed by atoms with Crippen molar-refractivity contribution < 1.29 is 9.59 Å². The number of piperazine rings is 1. The Hall–Kier alpha value is -1.18. The molecule has 2 saturated heterocycles. The fourth-order valence-corrected chi connectivity index (χ4v) is 3.53. The van der Waals surface area contributed by atoms with Gasteiger partial charge >= 0.3 is 0 Å². The second-order valence-corrected chi connectivity index (χ2v) is 6.72. The van der Waals surface area contributed by atoms with E-state index in [0.717, 1.165) is 39.3 Å². The summed E-state index contributed by atoms with van der Waals surface area (Å²) in [6.07, 6.45) is 2.61. The maximum absolute atomic E-state index is 12.0. The van der Waals surface area contributed by atoms with Gasteiger partial charge in [0.2, 0.25) is 11.8 Å². The molecule has 2 rings (SSSR count). The smallest absolute Gasteiger partial charge is 0.242 e. The number of hydrogen-bond acceptors (Lipinski definition) is 5. The van der Waals surface area contributed by atoms with Gasteiger partial charge in [0.25, 0.3) is 0 Å². The minimum atomic E-state index is -0.286. The molecule has 0 saturated carbocycles. The van der Waals surface area contributed by atoms with E-state index in [2.05, 4.69) is 29.0 Å². The number of nitrogens with zero attached hydrogens (tertiary/aromatic N) is 3. The quantitative estimate of drug-likeness (QED) is 0.660. The normalized spacial score (nSPS) is 26.5. The highest BCUT2D eigenvalue weighted by molar-refractivity contribution is 5.85. The van der Waals surface area contributed by atoms with Crippen molar-refractivity contribution in [2.45, 2.75) is 38.8 Å². The van der Waals surface area contributed by atoms with Crippen molar-refractivity contribution in [1.82, 2.24) is 20.0 Å². The largest absolute Gasteiger partial charge is 0.346 e. The van der Waals surface area contributed by atoms with E-state index in [9.17, 15) is 9.59 Å². The van der Waals surface area contributed by atoms with Crippen LogP contribution in [0.1, 0.15) is 26.7 Å². The topological polar surface area (TPSA) is 81.9 Å². The van der Waals surface area contributed by atoms with Gasteiger partial charge in [0.15, 0.2) is 0 Å². The molecule has 132 valence electrons. The van der Waals surface area contributed by atoms with Crippen LogP contribution in [-0.2, 0) is 9.59 Å².